The Hall–Kier alpha value is -0.0800. The summed E-state index contributed by atoms with van der Waals surface area (Å²) in [6.07, 6.45) is 1.18. The molecule has 0 amide bonds. The van der Waals surface area contributed by atoms with Crippen molar-refractivity contribution in [3.8, 4) is 0 Å². The van der Waals surface area contributed by atoms with E-state index in [1.54, 1.807) is 0 Å². The number of likely N-dealkylation sites (tertiary alicyclic amines) is 1. The molecule has 0 radical (unpaired) electrons. The molecule has 1 aliphatic heterocycles. The highest BCUT2D eigenvalue weighted by Gasteiger charge is 2.26. The van der Waals surface area contributed by atoms with Crippen molar-refractivity contribution in [1.29, 1.82) is 0 Å². The van der Waals surface area contributed by atoms with Gasteiger partial charge in [-0.25, -0.2) is 0 Å². The molecule has 1 N–H and O–H groups in total. The summed E-state index contributed by atoms with van der Waals surface area (Å²) >= 11 is 0. The van der Waals surface area contributed by atoms with Gasteiger partial charge in [0.15, 0.2) is 0 Å². The quantitative estimate of drug-likeness (QED) is 0.629. The second kappa shape index (κ2) is 3.35. The van der Waals surface area contributed by atoms with Gasteiger partial charge in [0.1, 0.15) is 0 Å². The molecule has 0 aromatic heterocycles. The monoisotopic (exact) mass is 143 g/mol. The van der Waals surface area contributed by atoms with E-state index in [1.165, 1.54) is 13.0 Å². The first-order valence-electron chi connectivity index (χ1n) is 4.09. The smallest absolute Gasteiger partial charge is 0.0587 e. The Kier molecular flexibility index (Phi) is 2.69. The van der Waals surface area contributed by atoms with Crippen LogP contribution in [0, 0.1) is 5.92 Å². The predicted molar refractivity (Wildman–Crippen MR) is 41.9 cm³/mol. The topological polar surface area (TPSA) is 23.5 Å². The van der Waals surface area contributed by atoms with Crippen LogP contribution in [-0.4, -0.2) is 35.7 Å². The Balaban J connectivity index is 2.16. The van der Waals surface area contributed by atoms with E-state index < -0.39 is 0 Å². The molecule has 60 valence electrons. The lowest BCUT2D eigenvalue weighted by molar-refractivity contribution is 0.0332. The first-order chi connectivity index (χ1) is 4.74. The van der Waals surface area contributed by atoms with Crippen molar-refractivity contribution in [3.05, 3.63) is 0 Å². The van der Waals surface area contributed by atoms with Gasteiger partial charge in [0.2, 0.25) is 0 Å². The summed E-state index contributed by atoms with van der Waals surface area (Å²) in [5.74, 6) is 0.731. The fraction of sp³-hybridized carbons (Fsp3) is 1.00. The van der Waals surface area contributed by atoms with Crippen LogP contribution < -0.4 is 0 Å². The Bertz CT molecular complexity index is 101. The van der Waals surface area contributed by atoms with Crippen molar-refractivity contribution in [1.82, 2.24) is 4.90 Å². The fourth-order valence-electron chi connectivity index (χ4n) is 1.41. The Morgan fingerprint density at radius 1 is 1.60 bits per heavy atom. The fourth-order valence-corrected chi connectivity index (χ4v) is 1.41. The highest BCUT2D eigenvalue weighted by molar-refractivity contribution is 4.82. The van der Waals surface area contributed by atoms with E-state index in [0.717, 1.165) is 12.5 Å². The van der Waals surface area contributed by atoms with Crippen molar-refractivity contribution >= 4 is 0 Å². The first kappa shape index (κ1) is 8.02. The minimum absolute atomic E-state index is 0.340. The van der Waals surface area contributed by atoms with Crippen molar-refractivity contribution in [2.75, 3.05) is 19.7 Å². The van der Waals surface area contributed by atoms with Crippen molar-refractivity contribution < 1.29 is 5.11 Å². The molecule has 0 aromatic rings. The highest BCUT2D eigenvalue weighted by Crippen LogP contribution is 2.17. The number of hydrogen-bond donors (Lipinski definition) is 1. The molecule has 1 rings (SSSR count). The molecule has 1 aliphatic rings. The summed E-state index contributed by atoms with van der Waals surface area (Å²) in [5.41, 5.74) is 0. The number of rotatable bonds is 3. The average Bonchev–Trinajstić information content (AvgIpc) is 1.82. The van der Waals surface area contributed by atoms with Crippen LogP contribution in [-0.2, 0) is 0 Å². The zero-order valence-corrected chi connectivity index (χ0v) is 6.88. The van der Waals surface area contributed by atoms with Gasteiger partial charge in [0.25, 0.3) is 0 Å². The third kappa shape index (κ3) is 1.70. The molecular formula is C8H17NO. The van der Waals surface area contributed by atoms with Crippen LogP contribution in [0.25, 0.3) is 0 Å². The summed E-state index contributed by atoms with van der Waals surface area (Å²) in [4.78, 5) is 2.35. The minimum atomic E-state index is 0.340. The normalized spacial score (nSPS) is 27.0. The number of nitrogens with zero attached hydrogens (tertiary/aromatic N) is 1. The highest BCUT2D eigenvalue weighted by atomic mass is 16.3. The maximum atomic E-state index is 8.83. The molecule has 2 heteroatoms. The lowest BCUT2D eigenvalue weighted by atomic mass is 10.0. The molecular weight excluding hydrogens is 126 g/mol. The van der Waals surface area contributed by atoms with Crippen LogP contribution in [0.2, 0.25) is 0 Å². The molecule has 1 saturated heterocycles. The molecule has 0 spiro atoms. The molecule has 1 atom stereocenters. The van der Waals surface area contributed by atoms with Gasteiger partial charge < -0.3 is 5.11 Å². The Morgan fingerprint density at radius 2 is 2.30 bits per heavy atom. The van der Waals surface area contributed by atoms with E-state index in [2.05, 4.69) is 18.7 Å². The SMILES string of the molecule is CC(C)CN1CC[C@@H]1CO. The van der Waals surface area contributed by atoms with Gasteiger partial charge >= 0.3 is 0 Å². The van der Waals surface area contributed by atoms with Crippen LogP contribution in [0.5, 0.6) is 0 Å². The van der Waals surface area contributed by atoms with Gasteiger partial charge in [-0.2, -0.15) is 0 Å². The summed E-state index contributed by atoms with van der Waals surface area (Å²) in [5, 5.41) is 8.83. The third-order valence-electron chi connectivity index (χ3n) is 2.08. The Morgan fingerprint density at radius 3 is 2.60 bits per heavy atom. The van der Waals surface area contributed by atoms with Crippen LogP contribution in [0.3, 0.4) is 0 Å². The van der Waals surface area contributed by atoms with E-state index in [-0.39, 0.29) is 0 Å². The maximum absolute atomic E-state index is 8.83. The summed E-state index contributed by atoms with van der Waals surface area (Å²) in [7, 11) is 0. The van der Waals surface area contributed by atoms with E-state index in [0.29, 0.717) is 12.6 Å². The standard InChI is InChI=1S/C8H17NO/c1-7(2)5-9-4-3-8(9)6-10/h7-8,10H,3-6H2,1-2H3/t8-/m1/s1. The predicted octanol–water partition coefficient (Wildman–Crippen LogP) is 0.709. The van der Waals surface area contributed by atoms with Crippen LogP contribution in [0.4, 0.5) is 0 Å². The molecule has 0 saturated carbocycles. The largest absolute Gasteiger partial charge is 0.395 e. The van der Waals surface area contributed by atoms with Gasteiger partial charge in [-0.3, -0.25) is 4.90 Å². The van der Waals surface area contributed by atoms with E-state index in [9.17, 15) is 0 Å². The van der Waals surface area contributed by atoms with Gasteiger partial charge in [0, 0.05) is 19.1 Å². The molecule has 0 unspecified atom stereocenters. The number of aliphatic hydroxyl groups is 1. The second-order valence-corrected chi connectivity index (χ2v) is 3.51. The molecule has 0 aliphatic carbocycles. The minimum Gasteiger partial charge on any atom is -0.395 e. The average molecular weight is 143 g/mol. The molecule has 1 heterocycles. The van der Waals surface area contributed by atoms with Crippen LogP contribution in [0.15, 0.2) is 0 Å². The van der Waals surface area contributed by atoms with Crippen LogP contribution >= 0.6 is 0 Å². The van der Waals surface area contributed by atoms with E-state index in [1.807, 2.05) is 0 Å². The summed E-state index contributed by atoms with van der Waals surface area (Å²) in [6, 6.07) is 0.474. The van der Waals surface area contributed by atoms with Crippen LogP contribution in [0.1, 0.15) is 20.3 Å². The zero-order chi connectivity index (χ0) is 7.56. The van der Waals surface area contributed by atoms with Crippen molar-refractivity contribution in [3.63, 3.8) is 0 Å². The lowest BCUT2D eigenvalue weighted by Gasteiger charge is -2.40. The van der Waals surface area contributed by atoms with Gasteiger partial charge in [-0.1, -0.05) is 13.8 Å². The number of hydrogen-bond acceptors (Lipinski definition) is 2. The van der Waals surface area contributed by atoms with Crippen molar-refractivity contribution in [2.45, 2.75) is 26.3 Å². The van der Waals surface area contributed by atoms with Gasteiger partial charge in [-0.05, 0) is 12.3 Å². The summed E-state index contributed by atoms with van der Waals surface area (Å²) < 4.78 is 0. The molecule has 2 nitrogen and oxygen atoms in total. The second-order valence-electron chi connectivity index (χ2n) is 3.51. The Labute approximate surface area is 62.8 Å². The molecule has 10 heavy (non-hydrogen) atoms. The third-order valence-corrected chi connectivity index (χ3v) is 2.08. The first-order valence-corrected chi connectivity index (χ1v) is 4.09. The molecule has 0 aromatic carbocycles. The maximum Gasteiger partial charge on any atom is 0.0587 e. The molecule has 0 bridgehead atoms. The lowest BCUT2D eigenvalue weighted by Crippen LogP contribution is -2.51. The van der Waals surface area contributed by atoms with Gasteiger partial charge in [-0.15, -0.1) is 0 Å². The molecule has 1 fully saturated rings. The van der Waals surface area contributed by atoms with E-state index >= 15 is 0 Å². The summed E-state index contributed by atoms with van der Waals surface area (Å²) in [6.45, 7) is 7.10. The number of aliphatic hydroxyl groups excluding tert-OH is 1. The van der Waals surface area contributed by atoms with Gasteiger partial charge in [0.05, 0.1) is 6.61 Å². The van der Waals surface area contributed by atoms with E-state index in [4.69, 9.17) is 5.11 Å². The zero-order valence-electron chi connectivity index (χ0n) is 6.88. The van der Waals surface area contributed by atoms with Crippen molar-refractivity contribution in [2.24, 2.45) is 5.92 Å².